The van der Waals surface area contributed by atoms with E-state index < -0.39 is 0 Å². The van der Waals surface area contributed by atoms with E-state index in [2.05, 4.69) is 5.32 Å². The lowest BCUT2D eigenvalue weighted by atomic mass is 9.96. The predicted octanol–water partition coefficient (Wildman–Crippen LogP) is 4.11. The molecule has 1 saturated heterocycles. The lowest BCUT2D eigenvalue weighted by Gasteiger charge is -2.32. The molecule has 0 radical (unpaired) electrons. The van der Waals surface area contributed by atoms with Crippen LogP contribution in [0.5, 0.6) is 5.75 Å². The minimum Gasteiger partial charge on any atom is -0.491 e. The Labute approximate surface area is 164 Å². The van der Waals surface area contributed by atoms with Crippen LogP contribution in [0.1, 0.15) is 36.5 Å². The van der Waals surface area contributed by atoms with E-state index in [1.54, 1.807) is 4.90 Å². The molecule has 0 saturated carbocycles. The van der Waals surface area contributed by atoms with Crippen molar-refractivity contribution in [1.82, 2.24) is 4.90 Å². The number of nitrogens with zero attached hydrogens (tertiary/aromatic N) is 1. The zero-order chi connectivity index (χ0) is 19.9. The van der Waals surface area contributed by atoms with E-state index in [0.717, 1.165) is 19.3 Å². The molecule has 1 fully saturated rings. The Hall–Kier alpha value is -2.89. The summed E-state index contributed by atoms with van der Waals surface area (Å²) in [7, 11) is 0. The van der Waals surface area contributed by atoms with E-state index in [4.69, 9.17) is 4.74 Å². The zero-order valence-electron chi connectivity index (χ0n) is 16.0. The van der Waals surface area contributed by atoms with E-state index >= 15 is 0 Å². The highest BCUT2D eigenvalue weighted by atomic mass is 19.1. The molecule has 6 heteroatoms. The van der Waals surface area contributed by atoms with Crippen LogP contribution in [0.4, 0.5) is 10.1 Å². The minimum absolute atomic E-state index is 0.121. The molecule has 2 aromatic rings. The summed E-state index contributed by atoms with van der Waals surface area (Å²) in [5.74, 6) is -0.324. The number of carbonyl (C=O) groups is 2. The Morgan fingerprint density at radius 3 is 2.68 bits per heavy atom. The smallest absolute Gasteiger partial charge is 0.253 e. The number of para-hydroxylation sites is 2. The normalized spacial score (nSPS) is 16.5. The fourth-order valence-corrected chi connectivity index (χ4v) is 3.29. The number of rotatable bonds is 6. The summed E-state index contributed by atoms with van der Waals surface area (Å²) in [4.78, 5) is 27.1. The van der Waals surface area contributed by atoms with Gasteiger partial charge >= 0.3 is 0 Å². The Bertz CT molecular complexity index is 823. The third-order valence-electron chi connectivity index (χ3n) is 4.78. The molecule has 1 unspecified atom stereocenters. The number of carbonyl (C=O) groups excluding carboxylic acids is 2. The highest BCUT2D eigenvalue weighted by molar-refractivity contribution is 5.96. The molecule has 5 nitrogen and oxygen atoms in total. The van der Waals surface area contributed by atoms with Crippen LogP contribution in [0.3, 0.4) is 0 Å². The summed E-state index contributed by atoms with van der Waals surface area (Å²) in [6.07, 6.45) is 2.35. The SMILES string of the molecule is CCCOc1ccccc1NC(=O)C1CCCN(C(=O)c2ccc(F)cc2)C1. The van der Waals surface area contributed by atoms with Gasteiger partial charge in [-0.15, -0.1) is 0 Å². The predicted molar refractivity (Wildman–Crippen MR) is 106 cm³/mol. The first-order valence-electron chi connectivity index (χ1n) is 9.66. The summed E-state index contributed by atoms with van der Waals surface area (Å²) in [5.41, 5.74) is 1.07. The van der Waals surface area contributed by atoms with Crippen LogP contribution in [-0.2, 0) is 4.79 Å². The van der Waals surface area contributed by atoms with Crippen molar-refractivity contribution in [3.8, 4) is 5.75 Å². The lowest BCUT2D eigenvalue weighted by molar-refractivity contribution is -0.121. The van der Waals surface area contributed by atoms with Crippen LogP contribution in [0.25, 0.3) is 0 Å². The van der Waals surface area contributed by atoms with Gasteiger partial charge in [0, 0.05) is 18.7 Å². The molecular weight excluding hydrogens is 359 g/mol. The van der Waals surface area contributed by atoms with Gasteiger partial charge in [-0.2, -0.15) is 0 Å². The van der Waals surface area contributed by atoms with Gasteiger partial charge in [-0.3, -0.25) is 9.59 Å². The molecule has 2 amide bonds. The molecule has 3 rings (SSSR count). The number of piperidine rings is 1. The number of hydrogen-bond acceptors (Lipinski definition) is 3. The molecule has 1 aliphatic heterocycles. The van der Waals surface area contributed by atoms with Crippen molar-refractivity contribution in [3.63, 3.8) is 0 Å². The molecule has 1 atom stereocenters. The molecule has 0 bridgehead atoms. The van der Waals surface area contributed by atoms with E-state index in [9.17, 15) is 14.0 Å². The van der Waals surface area contributed by atoms with Crippen LogP contribution >= 0.6 is 0 Å². The van der Waals surface area contributed by atoms with Crippen molar-refractivity contribution >= 4 is 17.5 Å². The summed E-state index contributed by atoms with van der Waals surface area (Å²) in [6, 6.07) is 12.8. The third-order valence-corrected chi connectivity index (χ3v) is 4.78. The standard InChI is InChI=1S/C22H25FN2O3/c1-2-14-28-20-8-4-3-7-19(20)24-21(26)17-6-5-13-25(15-17)22(27)16-9-11-18(23)12-10-16/h3-4,7-12,17H,2,5-6,13-15H2,1H3,(H,24,26). The number of nitrogens with one attached hydrogen (secondary N) is 1. The number of anilines is 1. The van der Waals surface area contributed by atoms with Gasteiger partial charge in [-0.05, 0) is 55.7 Å². The van der Waals surface area contributed by atoms with Crippen molar-refractivity contribution in [2.24, 2.45) is 5.92 Å². The molecule has 1 N–H and O–H groups in total. The molecule has 1 heterocycles. The van der Waals surface area contributed by atoms with Gasteiger partial charge in [-0.25, -0.2) is 4.39 Å². The third kappa shape index (κ3) is 4.88. The highest BCUT2D eigenvalue weighted by Crippen LogP contribution is 2.26. The van der Waals surface area contributed by atoms with Crippen molar-refractivity contribution in [2.45, 2.75) is 26.2 Å². The van der Waals surface area contributed by atoms with Gasteiger partial charge in [-0.1, -0.05) is 19.1 Å². The van der Waals surface area contributed by atoms with E-state index in [1.165, 1.54) is 24.3 Å². The number of amides is 2. The fraction of sp³-hybridized carbons (Fsp3) is 0.364. The number of ether oxygens (including phenoxy) is 1. The van der Waals surface area contributed by atoms with Crippen molar-refractivity contribution < 1.29 is 18.7 Å². The van der Waals surface area contributed by atoms with E-state index in [-0.39, 0.29) is 23.5 Å². The Morgan fingerprint density at radius 1 is 1.18 bits per heavy atom. The van der Waals surface area contributed by atoms with Crippen LogP contribution < -0.4 is 10.1 Å². The Balaban J connectivity index is 1.65. The summed E-state index contributed by atoms with van der Waals surface area (Å²) < 4.78 is 18.8. The maximum absolute atomic E-state index is 13.1. The zero-order valence-corrected chi connectivity index (χ0v) is 16.0. The summed E-state index contributed by atoms with van der Waals surface area (Å²) in [6.45, 7) is 3.54. The minimum atomic E-state index is -0.378. The van der Waals surface area contributed by atoms with Crippen LogP contribution in [0.15, 0.2) is 48.5 Å². The number of benzene rings is 2. The molecule has 0 spiro atoms. The second-order valence-electron chi connectivity index (χ2n) is 6.93. The van der Waals surface area contributed by atoms with Gasteiger partial charge in [0.2, 0.25) is 5.91 Å². The van der Waals surface area contributed by atoms with Crippen molar-refractivity contribution in [1.29, 1.82) is 0 Å². The molecule has 0 aromatic heterocycles. The quantitative estimate of drug-likeness (QED) is 0.816. The molecule has 2 aromatic carbocycles. The number of likely N-dealkylation sites (tertiary alicyclic amines) is 1. The second kappa shape index (κ2) is 9.35. The Morgan fingerprint density at radius 2 is 1.93 bits per heavy atom. The van der Waals surface area contributed by atoms with Crippen molar-refractivity contribution in [3.05, 3.63) is 59.9 Å². The maximum Gasteiger partial charge on any atom is 0.253 e. The molecule has 148 valence electrons. The number of halogens is 1. The Kier molecular flexibility index (Phi) is 6.63. The molecular formula is C22H25FN2O3. The van der Waals surface area contributed by atoms with Gasteiger partial charge < -0.3 is 15.0 Å². The van der Waals surface area contributed by atoms with Crippen LogP contribution in [0.2, 0.25) is 0 Å². The average Bonchev–Trinajstić information content (AvgIpc) is 2.73. The first kappa shape index (κ1) is 19.9. The fourth-order valence-electron chi connectivity index (χ4n) is 3.29. The number of hydrogen-bond donors (Lipinski definition) is 1. The molecule has 28 heavy (non-hydrogen) atoms. The van der Waals surface area contributed by atoms with E-state index in [0.29, 0.717) is 36.7 Å². The van der Waals surface area contributed by atoms with Crippen LogP contribution in [-0.4, -0.2) is 36.4 Å². The van der Waals surface area contributed by atoms with Crippen molar-refractivity contribution in [2.75, 3.05) is 25.0 Å². The largest absolute Gasteiger partial charge is 0.491 e. The monoisotopic (exact) mass is 384 g/mol. The topological polar surface area (TPSA) is 58.6 Å². The lowest BCUT2D eigenvalue weighted by Crippen LogP contribution is -2.43. The first-order valence-corrected chi connectivity index (χ1v) is 9.66. The first-order chi connectivity index (χ1) is 13.6. The van der Waals surface area contributed by atoms with Gasteiger partial charge in [0.1, 0.15) is 11.6 Å². The molecule has 1 aliphatic rings. The summed E-state index contributed by atoms with van der Waals surface area (Å²) in [5, 5.41) is 2.94. The van der Waals surface area contributed by atoms with Crippen LogP contribution in [0, 0.1) is 11.7 Å². The maximum atomic E-state index is 13.1. The summed E-state index contributed by atoms with van der Waals surface area (Å²) >= 11 is 0. The molecule has 0 aliphatic carbocycles. The van der Waals surface area contributed by atoms with Gasteiger partial charge in [0.25, 0.3) is 5.91 Å². The average molecular weight is 384 g/mol. The van der Waals surface area contributed by atoms with E-state index in [1.807, 2.05) is 31.2 Å². The highest BCUT2D eigenvalue weighted by Gasteiger charge is 2.29. The second-order valence-corrected chi connectivity index (χ2v) is 6.93. The van der Waals surface area contributed by atoms with Gasteiger partial charge in [0.15, 0.2) is 0 Å². The van der Waals surface area contributed by atoms with Gasteiger partial charge in [0.05, 0.1) is 18.2 Å².